The first-order chi connectivity index (χ1) is 42.3. The summed E-state index contributed by atoms with van der Waals surface area (Å²) in [5, 5.41) is 0. The Morgan fingerprint density at radius 2 is 0.761 bits per heavy atom. The minimum atomic E-state index is -0.498. The molecule has 0 N–H and O–H groups in total. The molecule has 0 bridgehead atoms. The van der Waals surface area contributed by atoms with E-state index in [-0.39, 0.29) is 28.4 Å². The van der Waals surface area contributed by atoms with Crippen LogP contribution in [0, 0.1) is 0 Å². The SMILES string of the molecule is CC(C)(C)c1ccc(N2c3cc(-c4ccccc4)ccc3B3c4ccc(C(C)(C)C)cc4N(c4ccc(C(C)(C)C)cc4-c4ccccc4)c4cc(N5c6ccc(-c7ccccc7)cc6C6(C)CCc7ccccc7C56C)cc2c43)c(-c2ccccc2)c1. The van der Waals surface area contributed by atoms with Crippen molar-refractivity contribution in [3.05, 3.63) is 282 Å². The molecule has 0 spiro atoms. The van der Waals surface area contributed by atoms with Crippen molar-refractivity contribution in [1.29, 1.82) is 0 Å². The second-order valence-corrected chi connectivity index (χ2v) is 28.9. The van der Waals surface area contributed by atoms with Crippen LogP contribution in [0.15, 0.2) is 249 Å². The lowest BCUT2D eigenvalue weighted by Crippen LogP contribution is -2.61. The van der Waals surface area contributed by atoms with Crippen molar-refractivity contribution in [3.8, 4) is 44.5 Å². The van der Waals surface area contributed by atoms with Gasteiger partial charge < -0.3 is 14.7 Å². The van der Waals surface area contributed by atoms with E-state index in [2.05, 4.69) is 340 Å². The van der Waals surface area contributed by atoms with Crippen molar-refractivity contribution < 1.29 is 0 Å². The summed E-state index contributed by atoms with van der Waals surface area (Å²) < 4.78 is 0. The van der Waals surface area contributed by atoms with Crippen LogP contribution in [-0.2, 0) is 33.6 Å². The van der Waals surface area contributed by atoms with E-state index in [1.165, 1.54) is 123 Å². The van der Waals surface area contributed by atoms with Gasteiger partial charge in [0.2, 0.25) is 0 Å². The van der Waals surface area contributed by atoms with Crippen molar-refractivity contribution in [3.63, 3.8) is 0 Å². The number of benzene rings is 11. The third kappa shape index (κ3) is 8.68. The lowest BCUT2D eigenvalue weighted by atomic mass is 9.33. The van der Waals surface area contributed by atoms with Gasteiger partial charge in [0.15, 0.2) is 0 Å². The standard InChI is InChI=1S/C84H78BN3/c1-80(2,3)62-39-44-72(66(50-62)57-30-20-14-21-31-57)86-75-49-61(56-28-18-13-19-29-56)36-41-70(75)85-71-42-38-64(82(7,8)9)52-76(71)87(73-45-40-63(81(4,5)6)51-67(73)58-32-22-15-23-33-58)78-54-65(53-77(86)79(78)85)88-74-43-37-60(55-26-16-12-17-27-55)48-69(74)83(10)47-46-59-34-24-25-35-68(59)84(83,88)11/h12-45,48-54H,46-47H2,1-11H3. The Labute approximate surface area is 523 Å². The number of aryl methyl sites for hydroxylation is 1. The summed E-state index contributed by atoms with van der Waals surface area (Å²) in [6.45, 7) is 26.2. The first-order valence-electron chi connectivity index (χ1n) is 31.9. The fourth-order valence-corrected chi connectivity index (χ4v) is 15.5. The Morgan fingerprint density at radius 3 is 1.28 bits per heavy atom. The molecular weight excluding hydrogens is 1060 g/mol. The Bertz CT molecular complexity index is 4550. The highest BCUT2D eigenvalue weighted by molar-refractivity contribution is 7.00. The van der Waals surface area contributed by atoms with Gasteiger partial charge in [-0.1, -0.05) is 257 Å². The lowest BCUT2D eigenvalue weighted by Gasteiger charge is -2.52. The molecule has 2 unspecified atom stereocenters. The average molecular weight is 1140 g/mol. The molecule has 1 aliphatic carbocycles. The summed E-state index contributed by atoms with van der Waals surface area (Å²) in [5.74, 6) is 0. The average Bonchev–Trinajstić information content (AvgIpc) is 1.38. The lowest BCUT2D eigenvalue weighted by molar-refractivity contribution is 0.245. The summed E-state index contributed by atoms with van der Waals surface area (Å²) in [4.78, 5) is 8.19. The van der Waals surface area contributed by atoms with Crippen LogP contribution in [0.1, 0.15) is 116 Å². The van der Waals surface area contributed by atoms with Gasteiger partial charge in [0, 0.05) is 50.7 Å². The quantitative estimate of drug-likeness (QED) is 0.147. The first kappa shape index (κ1) is 55.5. The second-order valence-electron chi connectivity index (χ2n) is 28.9. The van der Waals surface area contributed by atoms with Crippen LogP contribution in [0.4, 0.5) is 45.5 Å². The van der Waals surface area contributed by atoms with Gasteiger partial charge in [-0.3, -0.25) is 0 Å². The van der Waals surface area contributed by atoms with Crippen LogP contribution in [0.3, 0.4) is 0 Å². The Hall–Kier alpha value is -9.12. The van der Waals surface area contributed by atoms with E-state index in [0.717, 1.165) is 29.9 Å². The molecule has 4 heteroatoms. The van der Waals surface area contributed by atoms with Crippen molar-refractivity contribution in [2.24, 2.45) is 0 Å². The first-order valence-corrected chi connectivity index (χ1v) is 31.9. The zero-order valence-electron chi connectivity index (χ0n) is 53.0. The Kier molecular flexibility index (Phi) is 12.7. The zero-order chi connectivity index (χ0) is 60.6. The van der Waals surface area contributed by atoms with Gasteiger partial charge in [-0.25, -0.2) is 0 Å². The van der Waals surface area contributed by atoms with Crippen molar-refractivity contribution >= 4 is 68.6 Å². The van der Waals surface area contributed by atoms with Gasteiger partial charge in [-0.05, 0) is 180 Å². The Morgan fingerprint density at radius 1 is 0.341 bits per heavy atom. The predicted octanol–water partition coefficient (Wildman–Crippen LogP) is 20.6. The van der Waals surface area contributed by atoms with Gasteiger partial charge in [-0.15, -0.1) is 0 Å². The van der Waals surface area contributed by atoms with E-state index in [9.17, 15) is 0 Å². The molecular formula is C84H78BN3. The maximum Gasteiger partial charge on any atom is 0.252 e. The number of hydrogen-bond acceptors (Lipinski definition) is 3. The van der Waals surface area contributed by atoms with Crippen molar-refractivity contribution in [2.45, 2.75) is 116 Å². The summed E-state index contributed by atoms with van der Waals surface area (Å²) in [6, 6.07) is 95.8. The molecule has 11 aromatic rings. The molecule has 11 aromatic carbocycles. The molecule has 0 aromatic heterocycles. The van der Waals surface area contributed by atoms with Crippen LogP contribution >= 0.6 is 0 Å². The number of hydrogen-bond donors (Lipinski definition) is 0. The van der Waals surface area contributed by atoms with E-state index in [1.807, 2.05) is 0 Å². The third-order valence-electron chi connectivity index (χ3n) is 20.6. The highest BCUT2D eigenvalue weighted by atomic mass is 15.3. The van der Waals surface area contributed by atoms with Crippen molar-refractivity contribution in [2.75, 3.05) is 14.7 Å². The fourth-order valence-electron chi connectivity index (χ4n) is 15.5. The van der Waals surface area contributed by atoms with Gasteiger partial charge >= 0.3 is 0 Å². The van der Waals surface area contributed by atoms with Gasteiger partial charge in [0.1, 0.15) is 0 Å². The van der Waals surface area contributed by atoms with Gasteiger partial charge in [0.05, 0.1) is 16.9 Å². The molecule has 432 valence electrons. The highest BCUT2D eigenvalue weighted by Gasteiger charge is 2.60. The van der Waals surface area contributed by atoms with Crippen LogP contribution in [0.25, 0.3) is 44.5 Å². The molecule has 0 amide bonds. The molecule has 3 nitrogen and oxygen atoms in total. The fraction of sp³-hybridized carbons (Fsp3) is 0.214. The normalized spacial score (nSPS) is 17.4. The van der Waals surface area contributed by atoms with Crippen LogP contribution in [0.2, 0.25) is 0 Å². The second kappa shape index (κ2) is 20.2. The van der Waals surface area contributed by atoms with Gasteiger partial charge in [0.25, 0.3) is 6.71 Å². The highest BCUT2D eigenvalue weighted by Crippen LogP contribution is 2.65. The summed E-state index contributed by atoms with van der Waals surface area (Å²) in [5.41, 5.74) is 30.1. The number of rotatable bonds is 7. The Balaban J connectivity index is 1.12. The van der Waals surface area contributed by atoms with E-state index in [0.29, 0.717) is 0 Å². The van der Waals surface area contributed by atoms with Crippen molar-refractivity contribution in [1.82, 2.24) is 0 Å². The van der Waals surface area contributed by atoms with E-state index >= 15 is 0 Å². The monoisotopic (exact) mass is 1140 g/mol. The molecule has 3 aliphatic heterocycles. The topological polar surface area (TPSA) is 9.72 Å². The molecule has 0 saturated carbocycles. The van der Waals surface area contributed by atoms with Crippen LogP contribution in [-0.4, -0.2) is 6.71 Å². The molecule has 0 saturated heterocycles. The van der Waals surface area contributed by atoms with E-state index in [1.54, 1.807) is 0 Å². The smallest absolute Gasteiger partial charge is 0.252 e. The predicted molar refractivity (Wildman–Crippen MR) is 376 cm³/mol. The number of anilines is 8. The van der Waals surface area contributed by atoms with E-state index in [4.69, 9.17) is 0 Å². The molecule has 15 rings (SSSR count). The summed E-state index contributed by atoms with van der Waals surface area (Å²) >= 11 is 0. The third-order valence-corrected chi connectivity index (χ3v) is 20.6. The van der Waals surface area contributed by atoms with Crippen LogP contribution < -0.4 is 31.1 Å². The molecule has 2 atom stereocenters. The molecule has 4 aliphatic rings. The van der Waals surface area contributed by atoms with E-state index < -0.39 is 5.54 Å². The zero-order valence-corrected chi connectivity index (χ0v) is 53.0. The minimum absolute atomic E-state index is 0.0881. The number of nitrogens with zero attached hydrogens (tertiary/aromatic N) is 3. The van der Waals surface area contributed by atoms with Gasteiger partial charge in [-0.2, -0.15) is 0 Å². The molecule has 0 radical (unpaired) electrons. The van der Waals surface area contributed by atoms with Crippen LogP contribution in [0.5, 0.6) is 0 Å². The summed E-state index contributed by atoms with van der Waals surface area (Å²) in [7, 11) is 0. The molecule has 88 heavy (non-hydrogen) atoms. The summed E-state index contributed by atoms with van der Waals surface area (Å²) in [6.07, 6.45) is 2.02. The largest absolute Gasteiger partial charge is 0.330 e. The minimum Gasteiger partial charge on any atom is -0.330 e. The maximum absolute atomic E-state index is 2.80. The molecule has 0 fully saturated rings. The maximum atomic E-state index is 2.80. The number of fused-ring (bicyclic) bond motifs is 9. The molecule has 3 heterocycles.